The van der Waals surface area contributed by atoms with Crippen molar-refractivity contribution in [2.45, 2.75) is 90.5 Å². The molecule has 1 amide bonds. The van der Waals surface area contributed by atoms with Gasteiger partial charge in [0.25, 0.3) is 0 Å². The van der Waals surface area contributed by atoms with Gasteiger partial charge in [-0.15, -0.1) is 0 Å². The van der Waals surface area contributed by atoms with Crippen molar-refractivity contribution >= 4 is 11.7 Å². The van der Waals surface area contributed by atoms with Crippen LogP contribution in [0.4, 0.5) is 0 Å². The Labute approximate surface area is 176 Å². The molecule has 5 nitrogen and oxygen atoms in total. The van der Waals surface area contributed by atoms with E-state index in [2.05, 4.69) is 30.7 Å². The maximum Gasteiger partial charge on any atom is 0.220 e. The molecule has 0 radical (unpaired) electrons. The van der Waals surface area contributed by atoms with Crippen molar-refractivity contribution in [2.24, 2.45) is 40.0 Å². The van der Waals surface area contributed by atoms with Gasteiger partial charge in [0.1, 0.15) is 5.84 Å². The minimum absolute atomic E-state index is 0.0321. The molecular formula is C24H38N4O. The number of hydrogen-bond donors (Lipinski definition) is 2. The second-order valence-corrected chi connectivity index (χ2v) is 11.0. The zero-order chi connectivity index (χ0) is 20.4. The van der Waals surface area contributed by atoms with Gasteiger partial charge in [-0.2, -0.15) is 5.26 Å². The summed E-state index contributed by atoms with van der Waals surface area (Å²) in [4.78, 5) is 17.8. The SMILES string of the molecule is CC(C)CNC(=O)CC1(CC(=NC2C3CC4CC(C3)CC2C4)NC#N)CCCC1. The van der Waals surface area contributed by atoms with Crippen LogP contribution in [0.25, 0.3) is 0 Å². The van der Waals surface area contributed by atoms with E-state index in [0.29, 0.717) is 18.4 Å². The highest BCUT2D eigenvalue weighted by atomic mass is 16.1. The first-order valence-corrected chi connectivity index (χ1v) is 11.9. The third kappa shape index (κ3) is 4.78. The molecular weight excluding hydrogens is 360 g/mol. The van der Waals surface area contributed by atoms with Crippen LogP contribution in [0.1, 0.15) is 84.5 Å². The van der Waals surface area contributed by atoms with E-state index in [1.807, 2.05) is 0 Å². The van der Waals surface area contributed by atoms with E-state index in [4.69, 9.17) is 4.99 Å². The van der Waals surface area contributed by atoms with E-state index in [9.17, 15) is 10.1 Å². The molecule has 2 N–H and O–H groups in total. The van der Waals surface area contributed by atoms with Crippen LogP contribution in [0.3, 0.4) is 0 Å². The lowest BCUT2D eigenvalue weighted by Gasteiger charge is -2.53. The number of carbonyl (C=O) groups excluding carboxylic acids is 1. The van der Waals surface area contributed by atoms with E-state index in [1.54, 1.807) is 0 Å². The quantitative estimate of drug-likeness (QED) is 0.289. The van der Waals surface area contributed by atoms with Gasteiger partial charge in [-0.1, -0.05) is 26.7 Å². The van der Waals surface area contributed by atoms with Crippen molar-refractivity contribution in [1.82, 2.24) is 10.6 Å². The lowest BCUT2D eigenvalue weighted by molar-refractivity contribution is -0.123. The van der Waals surface area contributed by atoms with E-state index < -0.39 is 0 Å². The molecule has 0 unspecified atom stereocenters. The second kappa shape index (κ2) is 8.66. The zero-order valence-corrected chi connectivity index (χ0v) is 18.3. The Morgan fingerprint density at radius 3 is 2.24 bits per heavy atom. The van der Waals surface area contributed by atoms with Crippen molar-refractivity contribution in [1.29, 1.82) is 5.26 Å². The Kier molecular flexibility index (Phi) is 6.18. The summed E-state index contributed by atoms with van der Waals surface area (Å²) in [5.74, 6) is 4.78. The normalized spacial score (nSPS) is 35.0. The molecule has 0 spiro atoms. The molecule has 160 valence electrons. The standard InChI is InChI=1S/C24H38N4O/c1-16(2)14-26-22(29)13-24(5-3-4-6-24)12-21(27-15-25)28-23-19-8-17-7-18(10-19)11-20(23)9-17/h16-20,23H,3-14H2,1-2H3,(H,26,29)(H,27,28). The van der Waals surface area contributed by atoms with Gasteiger partial charge < -0.3 is 5.32 Å². The van der Waals surface area contributed by atoms with Crippen molar-refractivity contribution in [3.8, 4) is 6.19 Å². The van der Waals surface area contributed by atoms with Crippen molar-refractivity contribution < 1.29 is 4.79 Å². The molecule has 29 heavy (non-hydrogen) atoms. The summed E-state index contributed by atoms with van der Waals surface area (Å²) in [5, 5.41) is 15.4. The molecule has 5 aliphatic rings. The topological polar surface area (TPSA) is 77.3 Å². The van der Waals surface area contributed by atoms with Crippen LogP contribution in [0.5, 0.6) is 0 Å². The molecule has 0 atom stereocenters. The summed E-state index contributed by atoms with van der Waals surface area (Å²) in [6.07, 6.45) is 14.7. The molecule has 5 saturated carbocycles. The molecule has 5 aliphatic carbocycles. The highest BCUT2D eigenvalue weighted by molar-refractivity contribution is 5.85. The number of hydrogen-bond acceptors (Lipinski definition) is 3. The van der Waals surface area contributed by atoms with Crippen LogP contribution in [0, 0.1) is 46.5 Å². The Morgan fingerprint density at radius 1 is 1.07 bits per heavy atom. The average molecular weight is 399 g/mol. The number of carbonyl (C=O) groups is 1. The third-order valence-electron chi connectivity index (χ3n) is 8.13. The summed E-state index contributed by atoms with van der Waals surface area (Å²) in [6.45, 7) is 4.98. The minimum Gasteiger partial charge on any atom is -0.356 e. The molecule has 0 aromatic rings. The Morgan fingerprint density at radius 2 is 1.69 bits per heavy atom. The number of nitrogens with zero attached hydrogens (tertiary/aromatic N) is 2. The van der Waals surface area contributed by atoms with Crippen LogP contribution in [0.2, 0.25) is 0 Å². The first-order chi connectivity index (χ1) is 14.0. The van der Waals surface area contributed by atoms with Gasteiger partial charge in [0.2, 0.25) is 5.91 Å². The van der Waals surface area contributed by atoms with Crippen molar-refractivity contribution in [2.75, 3.05) is 6.54 Å². The number of amides is 1. The maximum absolute atomic E-state index is 12.6. The van der Waals surface area contributed by atoms with E-state index >= 15 is 0 Å². The molecule has 5 fully saturated rings. The van der Waals surface area contributed by atoms with E-state index in [0.717, 1.165) is 55.3 Å². The van der Waals surface area contributed by atoms with Crippen LogP contribution < -0.4 is 10.6 Å². The monoisotopic (exact) mass is 398 g/mol. The smallest absolute Gasteiger partial charge is 0.220 e. The molecule has 0 saturated heterocycles. The number of rotatable bonds is 7. The Hall–Kier alpha value is -1.57. The summed E-state index contributed by atoms with van der Waals surface area (Å²) in [6, 6.07) is 0.395. The predicted octanol–water partition coefficient (Wildman–Crippen LogP) is 4.39. The second-order valence-electron chi connectivity index (χ2n) is 11.0. The fourth-order valence-electron chi connectivity index (χ4n) is 7.09. The first kappa shape index (κ1) is 20.7. The van der Waals surface area contributed by atoms with Crippen LogP contribution in [0.15, 0.2) is 4.99 Å². The lowest BCUT2D eigenvalue weighted by atomic mass is 9.54. The van der Waals surface area contributed by atoms with E-state index in [-0.39, 0.29) is 11.3 Å². The minimum atomic E-state index is -0.0321. The summed E-state index contributed by atoms with van der Waals surface area (Å²) >= 11 is 0. The number of amidine groups is 1. The third-order valence-corrected chi connectivity index (χ3v) is 8.13. The van der Waals surface area contributed by atoms with Crippen LogP contribution in [-0.4, -0.2) is 24.3 Å². The molecule has 4 bridgehead atoms. The zero-order valence-electron chi connectivity index (χ0n) is 18.3. The van der Waals surface area contributed by atoms with Crippen LogP contribution >= 0.6 is 0 Å². The van der Waals surface area contributed by atoms with Gasteiger partial charge in [-0.05, 0) is 80.0 Å². The molecule has 0 aliphatic heterocycles. The maximum atomic E-state index is 12.6. The number of aliphatic imine (C=N–C) groups is 1. The van der Waals surface area contributed by atoms with Gasteiger partial charge in [0.15, 0.2) is 6.19 Å². The first-order valence-electron chi connectivity index (χ1n) is 11.9. The number of nitriles is 1. The highest BCUT2D eigenvalue weighted by Crippen LogP contribution is 2.55. The molecule has 5 rings (SSSR count). The predicted molar refractivity (Wildman–Crippen MR) is 115 cm³/mol. The fourth-order valence-corrected chi connectivity index (χ4v) is 7.09. The average Bonchev–Trinajstić information content (AvgIpc) is 3.10. The summed E-state index contributed by atoms with van der Waals surface area (Å²) in [5.41, 5.74) is -0.0321. The largest absolute Gasteiger partial charge is 0.356 e. The van der Waals surface area contributed by atoms with Gasteiger partial charge in [0, 0.05) is 19.4 Å². The van der Waals surface area contributed by atoms with Gasteiger partial charge in [-0.3, -0.25) is 15.1 Å². The molecule has 0 heterocycles. The number of nitrogens with one attached hydrogen (secondary N) is 2. The highest BCUT2D eigenvalue weighted by Gasteiger charge is 2.48. The fraction of sp³-hybridized carbons (Fsp3) is 0.875. The Balaban J connectivity index is 1.46. The van der Waals surface area contributed by atoms with Crippen LogP contribution in [-0.2, 0) is 4.79 Å². The van der Waals surface area contributed by atoms with Crippen molar-refractivity contribution in [3.05, 3.63) is 0 Å². The Bertz CT molecular complexity index is 643. The molecule has 5 heteroatoms. The van der Waals surface area contributed by atoms with Gasteiger partial charge in [0.05, 0.1) is 6.04 Å². The molecule has 0 aromatic heterocycles. The van der Waals surface area contributed by atoms with E-state index in [1.165, 1.54) is 44.9 Å². The summed E-state index contributed by atoms with van der Waals surface area (Å²) in [7, 11) is 0. The molecule has 0 aromatic carbocycles. The van der Waals surface area contributed by atoms with Crippen molar-refractivity contribution in [3.63, 3.8) is 0 Å². The summed E-state index contributed by atoms with van der Waals surface area (Å²) < 4.78 is 0. The lowest BCUT2D eigenvalue weighted by Crippen LogP contribution is -2.48. The van der Waals surface area contributed by atoms with Gasteiger partial charge in [-0.25, -0.2) is 0 Å². The van der Waals surface area contributed by atoms with Gasteiger partial charge >= 0.3 is 0 Å².